The molecule has 0 aromatic carbocycles. The molecule has 0 saturated carbocycles. The first-order valence-corrected chi connectivity index (χ1v) is 9.26. The summed E-state index contributed by atoms with van der Waals surface area (Å²) in [5.74, 6) is 0.433. The average molecular weight is 364 g/mol. The number of anilines is 1. The van der Waals surface area contributed by atoms with Crippen LogP contribution in [0, 0.1) is 0 Å². The number of carbonyl (C=O) groups is 1. The summed E-state index contributed by atoms with van der Waals surface area (Å²) in [5.41, 5.74) is 0.268. The molecule has 25 heavy (non-hydrogen) atoms. The summed E-state index contributed by atoms with van der Waals surface area (Å²) in [7, 11) is -0.652. The van der Waals surface area contributed by atoms with Crippen LogP contribution in [0.1, 0.15) is 10.5 Å². The van der Waals surface area contributed by atoms with Gasteiger partial charge in [-0.15, -0.1) is 0 Å². The molecule has 9 nitrogen and oxygen atoms in total. The number of nitrogens with zero attached hydrogens (tertiary/aromatic N) is 5. The molecule has 0 bridgehead atoms. The topological polar surface area (TPSA) is 102 Å². The second-order valence-electron chi connectivity index (χ2n) is 5.86. The highest BCUT2D eigenvalue weighted by molar-refractivity contribution is 7.89. The van der Waals surface area contributed by atoms with Gasteiger partial charge in [-0.25, -0.2) is 22.7 Å². The maximum atomic E-state index is 12.6. The highest BCUT2D eigenvalue weighted by Gasteiger charge is 2.26. The number of hydrogen-bond acceptors (Lipinski definition) is 6. The molecule has 2 aromatic heterocycles. The van der Waals surface area contributed by atoms with Crippen molar-refractivity contribution in [1.29, 1.82) is 0 Å². The molecule has 1 fully saturated rings. The molecule has 2 aromatic rings. The number of aromatic amines is 1. The highest BCUT2D eigenvalue weighted by Crippen LogP contribution is 2.17. The van der Waals surface area contributed by atoms with Crippen molar-refractivity contribution in [3.8, 4) is 0 Å². The van der Waals surface area contributed by atoms with Gasteiger partial charge < -0.3 is 14.8 Å². The van der Waals surface area contributed by atoms with Crippen molar-refractivity contribution in [2.45, 2.75) is 4.90 Å². The van der Waals surface area contributed by atoms with Gasteiger partial charge in [-0.1, -0.05) is 0 Å². The second-order valence-corrected chi connectivity index (χ2v) is 8.02. The number of amides is 1. The zero-order chi connectivity index (χ0) is 18.0. The van der Waals surface area contributed by atoms with Gasteiger partial charge in [0.05, 0.1) is 0 Å². The first-order chi connectivity index (χ1) is 11.9. The molecule has 134 valence electrons. The van der Waals surface area contributed by atoms with E-state index in [2.05, 4.69) is 15.0 Å². The van der Waals surface area contributed by atoms with Crippen molar-refractivity contribution in [3.63, 3.8) is 0 Å². The summed E-state index contributed by atoms with van der Waals surface area (Å²) in [5, 5.41) is 0. The lowest BCUT2D eigenvalue weighted by Gasteiger charge is -2.34. The van der Waals surface area contributed by atoms with Crippen molar-refractivity contribution in [2.24, 2.45) is 0 Å². The molecule has 1 N–H and O–H groups in total. The first-order valence-electron chi connectivity index (χ1n) is 7.82. The van der Waals surface area contributed by atoms with Crippen molar-refractivity contribution in [2.75, 3.05) is 45.2 Å². The van der Waals surface area contributed by atoms with E-state index in [0.717, 1.165) is 4.31 Å². The van der Waals surface area contributed by atoms with E-state index >= 15 is 0 Å². The summed E-state index contributed by atoms with van der Waals surface area (Å²) < 4.78 is 25.3. The monoisotopic (exact) mass is 364 g/mol. The number of sulfonamides is 1. The van der Waals surface area contributed by atoms with Gasteiger partial charge in [-0.2, -0.15) is 0 Å². The molecule has 1 aliphatic heterocycles. The molecule has 1 saturated heterocycles. The Kier molecular flexibility index (Phi) is 4.73. The molecule has 0 spiro atoms. The Morgan fingerprint density at radius 1 is 1.16 bits per heavy atom. The van der Waals surface area contributed by atoms with Gasteiger partial charge in [-0.3, -0.25) is 4.79 Å². The van der Waals surface area contributed by atoms with Gasteiger partial charge in [0, 0.05) is 58.9 Å². The van der Waals surface area contributed by atoms with Gasteiger partial charge in [0.25, 0.3) is 5.91 Å². The van der Waals surface area contributed by atoms with Crippen LogP contribution in [0.5, 0.6) is 0 Å². The van der Waals surface area contributed by atoms with Gasteiger partial charge in [0.1, 0.15) is 10.6 Å². The van der Waals surface area contributed by atoms with Crippen LogP contribution in [0.3, 0.4) is 0 Å². The molecule has 3 heterocycles. The SMILES string of the molecule is CN(C)S(=O)(=O)c1c[nH]c(C(=O)N2CCN(c3ncccn3)CC2)c1. The Hall–Kier alpha value is -2.46. The van der Waals surface area contributed by atoms with Crippen molar-refractivity contribution in [3.05, 3.63) is 36.4 Å². The lowest BCUT2D eigenvalue weighted by Crippen LogP contribution is -2.49. The van der Waals surface area contributed by atoms with Crippen molar-refractivity contribution in [1.82, 2.24) is 24.2 Å². The third kappa shape index (κ3) is 3.49. The standard InChI is InChI=1S/C15H20N6O3S/c1-19(2)25(23,24)12-10-13(18-11-12)14(22)20-6-8-21(9-7-20)15-16-4-3-5-17-15/h3-5,10-11,18H,6-9H2,1-2H3. The predicted octanol–water partition coefficient (Wildman–Crippen LogP) is 0.0174. The fourth-order valence-corrected chi connectivity index (χ4v) is 3.49. The zero-order valence-corrected chi connectivity index (χ0v) is 14.9. The first kappa shape index (κ1) is 17.4. The fourth-order valence-electron chi connectivity index (χ4n) is 2.59. The van der Waals surface area contributed by atoms with E-state index in [1.54, 1.807) is 23.4 Å². The Morgan fingerprint density at radius 3 is 2.40 bits per heavy atom. The summed E-state index contributed by atoms with van der Waals surface area (Å²) >= 11 is 0. The van der Waals surface area contributed by atoms with Crippen LogP contribution in [0.25, 0.3) is 0 Å². The molecule has 0 atom stereocenters. The van der Waals surface area contributed by atoms with E-state index in [1.807, 2.05) is 4.90 Å². The van der Waals surface area contributed by atoms with Crippen LogP contribution in [0.2, 0.25) is 0 Å². The molecular formula is C15H20N6O3S. The van der Waals surface area contributed by atoms with Crippen LogP contribution < -0.4 is 4.90 Å². The van der Waals surface area contributed by atoms with Gasteiger partial charge in [-0.05, 0) is 12.1 Å². The normalized spacial score (nSPS) is 15.6. The quantitative estimate of drug-likeness (QED) is 0.820. The Bertz CT molecular complexity index is 841. The van der Waals surface area contributed by atoms with E-state index in [-0.39, 0.29) is 16.5 Å². The minimum Gasteiger partial charge on any atom is -0.356 e. The summed E-state index contributed by atoms with van der Waals surface area (Å²) in [6.07, 6.45) is 4.72. The van der Waals surface area contributed by atoms with Crippen molar-refractivity contribution < 1.29 is 13.2 Å². The smallest absolute Gasteiger partial charge is 0.270 e. The van der Waals surface area contributed by atoms with Crippen LogP contribution in [0.4, 0.5) is 5.95 Å². The van der Waals surface area contributed by atoms with Gasteiger partial charge in [0.15, 0.2) is 0 Å². The van der Waals surface area contributed by atoms with Crippen LogP contribution in [0.15, 0.2) is 35.6 Å². The molecule has 10 heteroatoms. The number of hydrogen-bond donors (Lipinski definition) is 1. The Morgan fingerprint density at radius 2 is 1.80 bits per heavy atom. The fraction of sp³-hybridized carbons (Fsp3) is 0.400. The van der Waals surface area contributed by atoms with Gasteiger partial charge >= 0.3 is 0 Å². The third-order valence-corrected chi connectivity index (χ3v) is 5.86. The lowest BCUT2D eigenvalue weighted by atomic mass is 10.3. The third-order valence-electron chi connectivity index (χ3n) is 4.07. The van der Waals surface area contributed by atoms with E-state index in [4.69, 9.17) is 0 Å². The number of rotatable bonds is 4. The maximum Gasteiger partial charge on any atom is 0.270 e. The van der Waals surface area contributed by atoms with E-state index in [9.17, 15) is 13.2 Å². The number of carbonyl (C=O) groups excluding carboxylic acids is 1. The number of aromatic nitrogens is 3. The summed E-state index contributed by atoms with van der Waals surface area (Å²) in [6, 6.07) is 3.14. The predicted molar refractivity (Wildman–Crippen MR) is 91.8 cm³/mol. The lowest BCUT2D eigenvalue weighted by molar-refractivity contribution is 0.0741. The maximum absolute atomic E-state index is 12.6. The largest absolute Gasteiger partial charge is 0.356 e. The summed E-state index contributed by atoms with van der Waals surface area (Å²) in [4.78, 5) is 27.6. The van der Waals surface area contributed by atoms with E-state index < -0.39 is 10.0 Å². The molecule has 1 aliphatic rings. The van der Waals surface area contributed by atoms with Crippen LogP contribution in [-0.4, -0.2) is 78.8 Å². The van der Waals surface area contributed by atoms with Crippen LogP contribution >= 0.6 is 0 Å². The Labute approximate surface area is 146 Å². The summed E-state index contributed by atoms with van der Waals surface area (Å²) in [6.45, 7) is 2.29. The zero-order valence-electron chi connectivity index (χ0n) is 14.1. The number of nitrogens with one attached hydrogen (secondary N) is 1. The molecule has 0 aliphatic carbocycles. The van der Waals surface area contributed by atoms with E-state index in [1.165, 1.54) is 26.4 Å². The molecule has 0 unspecified atom stereocenters. The van der Waals surface area contributed by atoms with E-state index in [0.29, 0.717) is 32.1 Å². The van der Waals surface area contributed by atoms with Gasteiger partial charge in [0.2, 0.25) is 16.0 Å². The van der Waals surface area contributed by atoms with Crippen molar-refractivity contribution >= 4 is 21.9 Å². The minimum absolute atomic E-state index is 0.0807. The molecular weight excluding hydrogens is 344 g/mol. The molecule has 1 amide bonds. The minimum atomic E-state index is -3.56. The Balaban J connectivity index is 1.66. The number of piperazine rings is 1. The number of H-pyrrole nitrogens is 1. The van der Waals surface area contributed by atoms with Crippen LogP contribution in [-0.2, 0) is 10.0 Å². The molecule has 0 radical (unpaired) electrons. The second kappa shape index (κ2) is 6.81. The highest BCUT2D eigenvalue weighted by atomic mass is 32.2. The average Bonchev–Trinajstić information content (AvgIpc) is 3.13. The molecule has 3 rings (SSSR count).